The smallest absolute Gasteiger partial charge is 0.317 e. The number of hydrogen-bond acceptors (Lipinski definition) is 10. The van der Waals surface area contributed by atoms with Gasteiger partial charge in [0.15, 0.2) is 0 Å². The molecule has 0 spiro atoms. The number of carbonyl (C=O) groups is 5. The van der Waals surface area contributed by atoms with E-state index in [1.165, 1.54) is 7.11 Å². The van der Waals surface area contributed by atoms with Crippen molar-refractivity contribution >= 4 is 29.7 Å². The van der Waals surface area contributed by atoms with Crippen LogP contribution < -0.4 is 16.0 Å². The zero-order valence-electron chi connectivity index (χ0n) is 24.7. The van der Waals surface area contributed by atoms with E-state index in [-0.39, 0.29) is 50.2 Å². The Morgan fingerprint density at radius 2 is 1.22 bits per heavy atom. The zero-order valence-corrected chi connectivity index (χ0v) is 24.7. The van der Waals surface area contributed by atoms with Crippen molar-refractivity contribution in [3.63, 3.8) is 0 Å². The second-order valence-corrected chi connectivity index (χ2v) is 9.95. The lowest BCUT2D eigenvalue weighted by Gasteiger charge is -2.33. The highest BCUT2D eigenvalue weighted by Gasteiger charge is 2.24. The lowest BCUT2D eigenvalue weighted by Crippen LogP contribution is -2.52. The Morgan fingerprint density at radius 3 is 1.66 bits per heavy atom. The molecule has 41 heavy (non-hydrogen) atoms. The molecule has 0 aromatic heterocycles. The highest BCUT2D eigenvalue weighted by Crippen LogP contribution is 2.03. The summed E-state index contributed by atoms with van der Waals surface area (Å²) in [5.74, 6) is -2.89. The quantitative estimate of drug-likeness (QED) is 0.120. The Kier molecular flexibility index (Phi) is 18.5. The molecule has 1 heterocycles. The van der Waals surface area contributed by atoms with E-state index in [1.807, 2.05) is 16.7 Å². The van der Waals surface area contributed by atoms with Gasteiger partial charge in [0.1, 0.15) is 6.04 Å². The molecule has 1 rings (SSSR count). The molecule has 0 aliphatic carbocycles. The van der Waals surface area contributed by atoms with Crippen LogP contribution in [0.1, 0.15) is 26.7 Å². The molecule has 15 heteroatoms. The number of amides is 3. The Labute approximate surface area is 242 Å². The van der Waals surface area contributed by atoms with Crippen molar-refractivity contribution in [2.45, 2.75) is 32.7 Å². The van der Waals surface area contributed by atoms with E-state index in [0.717, 1.165) is 6.54 Å². The van der Waals surface area contributed by atoms with E-state index < -0.39 is 18.0 Å². The van der Waals surface area contributed by atoms with Crippen molar-refractivity contribution in [2.24, 2.45) is 0 Å². The number of carboxylic acid groups (broad SMARTS) is 2. The number of aliphatic carboxylic acids is 2. The van der Waals surface area contributed by atoms with Gasteiger partial charge in [-0.05, 0) is 19.9 Å². The summed E-state index contributed by atoms with van der Waals surface area (Å²) in [6.45, 7) is 9.19. The predicted molar refractivity (Wildman–Crippen MR) is 151 cm³/mol. The van der Waals surface area contributed by atoms with Crippen LogP contribution in [0.3, 0.4) is 0 Å². The van der Waals surface area contributed by atoms with Gasteiger partial charge in [0.25, 0.3) is 0 Å². The number of nitrogens with one attached hydrogen (secondary N) is 3. The lowest BCUT2D eigenvalue weighted by atomic mass is 10.1. The number of methoxy groups -OCH3 is 1. The van der Waals surface area contributed by atoms with Crippen LogP contribution in [0.4, 0.5) is 0 Å². The van der Waals surface area contributed by atoms with Crippen molar-refractivity contribution in [3.8, 4) is 0 Å². The Balaban J connectivity index is 2.90. The molecular weight excluding hydrogens is 538 g/mol. The van der Waals surface area contributed by atoms with Crippen LogP contribution in [0.2, 0.25) is 0 Å². The van der Waals surface area contributed by atoms with Gasteiger partial charge in [0.05, 0.1) is 26.2 Å². The van der Waals surface area contributed by atoms with Crippen molar-refractivity contribution in [1.82, 2.24) is 35.6 Å². The molecule has 236 valence electrons. The minimum Gasteiger partial charge on any atom is -0.480 e. The first-order valence-corrected chi connectivity index (χ1v) is 14.2. The standard InChI is InChI=1S/C26H49N7O8/c1-4-27-26(40)21(6-7-22(34)28-8-17-41-3)29-23(35)18-31-11-9-30(5-2)10-12-32(19-24(36)37)15-16-33(14-13-31)20-25(38)39/h21H,4-20H2,1-3H3,(H,27,40)(H,28,34)(H,29,35)(H,36,37)(H,38,39)/t21-/m1/s1. The molecule has 15 nitrogen and oxygen atoms in total. The largest absolute Gasteiger partial charge is 0.480 e. The maximum atomic E-state index is 13.1. The normalized spacial score (nSPS) is 17.5. The first-order chi connectivity index (χ1) is 19.6. The maximum absolute atomic E-state index is 13.1. The van der Waals surface area contributed by atoms with Gasteiger partial charge in [-0.3, -0.25) is 38.7 Å². The van der Waals surface area contributed by atoms with E-state index >= 15 is 0 Å². The van der Waals surface area contributed by atoms with Crippen molar-refractivity contribution in [1.29, 1.82) is 0 Å². The minimum absolute atomic E-state index is 0.000451. The maximum Gasteiger partial charge on any atom is 0.317 e. The molecule has 0 aromatic carbocycles. The fourth-order valence-electron chi connectivity index (χ4n) is 4.42. The summed E-state index contributed by atoms with van der Waals surface area (Å²) in [6, 6.07) is -0.876. The highest BCUT2D eigenvalue weighted by atomic mass is 16.5. The van der Waals surface area contributed by atoms with E-state index in [4.69, 9.17) is 4.74 Å². The number of hydrogen-bond donors (Lipinski definition) is 5. The van der Waals surface area contributed by atoms with Gasteiger partial charge in [-0.15, -0.1) is 0 Å². The summed E-state index contributed by atoms with van der Waals surface area (Å²) in [4.78, 5) is 68.3. The SMILES string of the molecule is CCNC(=O)[C@@H](CCC(=O)NCCOC)NC(=O)CN1CCN(CC)CCN(CC(=O)O)CCN(CC(=O)O)CC1. The van der Waals surface area contributed by atoms with Crippen LogP contribution in [-0.4, -0.2) is 171 Å². The van der Waals surface area contributed by atoms with E-state index in [1.54, 1.807) is 11.8 Å². The van der Waals surface area contributed by atoms with Crippen LogP contribution in [0, 0.1) is 0 Å². The number of ether oxygens (including phenoxy) is 1. The third kappa shape index (κ3) is 16.9. The number of likely N-dealkylation sites (N-methyl/N-ethyl adjacent to an activating group) is 2. The summed E-state index contributed by atoms with van der Waals surface area (Å²) in [7, 11) is 1.53. The van der Waals surface area contributed by atoms with Gasteiger partial charge in [-0.1, -0.05) is 6.92 Å². The van der Waals surface area contributed by atoms with Crippen molar-refractivity contribution in [3.05, 3.63) is 0 Å². The topological polar surface area (TPSA) is 184 Å². The average Bonchev–Trinajstić information content (AvgIpc) is 2.90. The molecule has 0 radical (unpaired) electrons. The third-order valence-electron chi connectivity index (χ3n) is 6.75. The summed E-state index contributed by atoms with van der Waals surface area (Å²) < 4.78 is 4.92. The van der Waals surface area contributed by atoms with E-state index in [2.05, 4.69) is 20.9 Å². The van der Waals surface area contributed by atoms with Gasteiger partial charge in [-0.25, -0.2) is 0 Å². The lowest BCUT2D eigenvalue weighted by molar-refractivity contribution is -0.140. The van der Waals surface area contributed by atoms with Crippen molar-refractivity contribution < 1.29 is 38.9 Å². The minimum atomic E-state index is -0.987. The van der Waals surface area contributed by atoms with Gasteiger partial charge >= 0.3 is 11.9 Å². The van der Waals surface area contributed by atoms with Crippen LogP contribution in [0.5, 0.6) is 0 Å². The van der Waals surface area contributed by atoms with Gasteiger partial charge in [0, 0.05) is 79.0 Å². The Bertz CT molecular complexity index is 832. The fraction of sp³-hybridized carbons (Fsp3) is 0.808. The number of carbonyl (C=O) groups excluding carboxylic acids is 3. The Hall–Kier alpha value is -2.85. The van der Waals surface area contributed by atoms with Crippen LogP contribution in [-0.2, 0) is 28.7 Å². The molecule has 5 N–H and O–H groups in total. The molecule has 0 bridgehead atoms. The van der Waals surface area contributed by atoms with Crippen LogP contribution in [0.25, 0.3) is 0 Å². The number of carboxylic acids is 2. The summed E-state index contributed by atoms with van der Waals surface area (Å²) in [6.07, 6.45) is 0.198. The number of rotatable bonds is 16. The first-order valence-electron chi connectivity index (χ1n) is 14.2. The predicted octanol–water partition coefficient (Wildman–Crippen LogP) is -2.44. The fourth-order valence-corrected chi connectivity index (χ4v) is 4.42. The molecule has 0 saturated carbocycles. The molecule has 0 unspecified atom stereocenters. The zero-order chi connectivity index (χ0) is 30.6. The molecule has 1 atom stereocenters. The van der Waals surface area contributed by atoms with Gasteiger partial charge < -0.3 is 35.8 Å². The summed E-state index contributed by atoms with van der Waals surface area (Å²) in [5.41, 5.74) is 0. The molecule has 3 amide bonds. The summed E-state index contributed by atoms with van der Waals surface area (Å²) >= 11 is 0. The van der Waals surface area contributed by atoms with Gasteiger partial charge in [-0.2, -0.15) is 0 Å². The number of nitrogens with zero attached hydrogens (tertiary/aromatic N) is 4. The second kappa shape index (κ2) is 20.9. The molecule has 1 aliphatic heterocycles. The van der Waals surface area contributed by atoms with Crippen molar-refractivity contribution in [2.75, 3.05) is 105 Å². The second-order valence-electron chi connectivity index (χ2n) is 9.95. The summed E-state index contributed by atoms with van der Waals surface area (Å²) in [5, 5.41) is 26.8. The average molecular weight is 588 g/mol. The monoisotopic (exact) mass is 587 g/mol. The molecule has 1 fully saturated rings. The van der Waals surface area contributed by atoms with Crippen LogP contribution in [0.15, 0.2) is 0 Å². The first kappa shape index (κ1) is 36.2. The van der Waals surface area contributed by atoms with E-state index in [9.17, 15) is 34.2 Å². The van der Waals surface area contributed by atoms with E-state index in [0.29, 0.717) is 72.1 Å². The Morgan fingerprint density at radius 1 is 0.732 bits per heavy atom. The van der Waals surface area contributed by atoms with Gasteiger partial charge in [0.2, 0.25) is 17.7 Å². The third-order valence-corrected chi connectivity index (χ3v) is 6.75. The van der Waals surface area contributed by atoms with Crippen LogP contribution >= 0.6 is 0 Å². The highest BCUT2D eigenvalue weighted by molar-refractivity contribution is 5.89. The molecular formula is C26H49N7O8. The molecule has 1 aliphatic rings. The molecule has 1 saturated heterocycles. The molecule has 0 aromatic rings.